The van der Waals surface area contributed by atoms with E-state index in [0.717, 1.165) is 12.5 Å². The van der Waals surface area contributed by atoms with Gasteiger partial charge in [-0.3, -0.25) is 0 Å². The highest BCUT2D eigenvalue weighted by Gasteiger charge is 2.42. The highest BCUT2D eigenvalue weighted by atomic mass is 19.4. The Balaban J connectivity index is 2.65. The lowest BCUT2D eigenvalue weighted by Gasteiger charge is -2.05. The number of hydrogen-bond acceptors (Lipinski definition) is 3. The van der Waals surface area contributed by atoms with Crippen molar-refractivity contribution in [1.82, 2.24) is 9.71 Å². The summed E-state index contributed by atoms with van der Waals surface area (Å²) < 4.78 is 35.5. The van der Waals surface area contributed by atoms with E-state index in [1.54, 1.807) is 6.92 Å². The van der Waals surface area contributed by atoms with Gasteiger partial charge in [-0.05, 0) is 6.92 Å². The quantitative estimate of drug-likeness (QED) is 0.661. The maximum atomic E-state index is 11.6. The van der Waals surface area contributed by atoms with E-state index in [-0.39, 0.29) is 0 Å². The van der Waals surface area contributed by atoms with E-state index in [1.807, 2.05) is 0 Å². The minimum atomic E-state index is -4.99. The molecule has 0 saturated carbocycles. The van der Waals surface area contributed by atoms with Crippen molar-refractivity contribution < 1.29 is 22.8 Å². The first-order valence-corrected chi connectivity index (χ1v) is 3.19. The number of alkyl halides is 3. The molecular weight excluding hydrogens is 189 g/mol. The number of halogens is 3. The van der Waals surface area contributed by atoms with Crippen molar-refractivity contribution in [2.24, 2.45) is 0 Å². The van der Waals surface area contributed by atoms with Crippen LogP contribution in [-0.2, 0) is 4.79 Å². The van der Waals surface area contributed by atoms with E-state index < -0.39 is 12.1 Å². The molecule has 1 heterocycles. The van der Waals surface area contributed by atoms with Gasteiger partial charge in [0.15, 0.2) is 0 Å². The summed E-state index contributed by atoms with van der Waals surface area (Å²) in [5.41, 5.74) is 0.454. The van der Waals surface area contributed by atoms with E-state index in [9.17, 15) is 18.0 Å². The molecule has 0 radical (unpaired) electrons. The highest BCUT2D eigenvalue weighted by Crippen LogP contribution is 2.14. The van der Waals surface area contributed by atoms with Crippen LogP contribution in [0.1, 0.15) is 5.69 Å². The summed E-state index contributed by atoms with van der Waals surface area (Å²) in [4.78, 5) is 17.7. The summed E-state index contributed by atoms with van der Waals surface area (Å²) in [6.45, 7) is 1.55. The molecule has 0 unspecified atom stereocenters. The topological polar surface area (TPSA) is 44.1 Å². The Morgan fingerprint density at radius 1 is 1.62 bits per heavy atom. The molecule has 0 atom stereocenters. The number of rotatable bonds is 1. The largest absolute Gasteiger partial charge is 0.493 e. The molecule has 1 aromatic heterocycles. The zero-order chi connectivity index (χ0) is 10.1. The highest BCUT2D eigenvalue weighted by molar-refractivity contribution is 5.75. The van der Waals surface area contributed by atoms with Gasteiger partial charge in [-0.25, -0.2) is 9.78 Å². The Morgan fingerprint density at radius 2 is 2.23 bits per heavy atom. The first-order valence-electron chi connectivity index (χ1n) is 3.19. The Kier molecular flexibility index (Phi) is 2.26. The zero-order valence-corrected chi connectivity index (χ0v) is 6.50. The van der Waals surface area contributed by atoms with Crippen LogP contribution >= 0.6 is 0 Å². The molecule has 0 amide bonds. The van der Waals surface area contributed by atoms with Crippen LogP contribution in [0.3, 0.4) is 0 Å². The van der Waals surface area contributed by atoms with Gasteiger partial charge in [-0.2, -0.15) is 17.9 Å². The number of carbonyl (C=O) groups is 1. The normalized spacial score (nSPS) is 11.4. The standard InChI is InChI=1S/C6H5F3N2O2/c1-4-2-11(3-10-4)13-5(12)6(7,8)9/h2-3H,1H3. The minimum absolute atomic E-state index is 0.454. The first kappa shape index (κ1) is 9.56. The summed E-state index contributed by atoms with van der Waals surface area (Å²) in [5, 5.41) is 0. The van der Waals surface area contributed by atoms with Gasteiger partial charge in [-0.1, -0.05) is 0 Å². The van der Waals surface area contributed by atoms with Crippen molar-refractivity contribution in [1.29, 1.82) is 0 Å². The number of carbonyl (C=O) groups excluding carboxylic acids is 1. The number of hydrogen-bond donors (Lipinski definition) is 0. The van der Waals surface area contributed by atoms with Crippen LogP contribution < -0.4 is 4.84 Å². The molecule has 1 aromatic rings. The van der Waals surface area contributed by atoms with E-state index in [2.05, 4.69) is 9.82 Å². The van der Waals surface area contributed by atoms with E-state index >= 15 is 0 Å². The monoisotopic (exact) mass is 194 g/mol. The molecule has 4 nitrogen and oxygen atoms in total. The Bertz CT molecular complexity index is 318. The number of imidazole rings is 1. The van der Waals surface area contributed by atoms with Gasteiger partial charge in [0.1, 0.15) is 6.33 Å². The Labute approximate surface area is 70.9 Å². The van der Waals surface area contributed by atoms with Gasteiger partial charge >= 0.3 is 12.1 Å². The van der Waals surface area contributed by atoms with Gasteiger partial charge in [0.25, 0.3) is 0 Å². The lowest BCUT2D eigenvalue weighted by molar-refractivity contribution is -0.199. The third-order valence-corrected chi connectivity index (χ3v) is 1.11. The van der Waals surface area contributed by atoms with Crippen LogP contribution in [0.2, 0.25) is 0 Å². The van der Waals surface area contributed by atoms with Crippen molar-refractivity contribution >= 4 is 5.97 Å². The van der Waals surface area contributed by atoms with Crippen molar-refractivity contribution in [2.45, 2.75) is 13.1 Å². The molecule has 7 heteroatoms. The third-order valence-electron chi connectivity index (χ3n) is 1.11. The second-order valence-corrected chi connectivity index (χ2v) is 2.25. The lowest BCUT2D eigenvalue weighted by atomic mass is 10.6. The predicted octanol–water partition coefficient (Wildman–Crippen LogP) is 0.709. The van der Waals surface area contributed by atoms with Crippen LogP contribution in [0.15, 0.2) is 12.5 Å². The second kappa shape index (κ2) is 3.08. The smallest absolute Gasteiger partial charge is 0.327 e. The van der Waals surface area contributed by atoms with Crippen molar-refractivity contribution in [3.8, 4) is 0 Å². The first-order chi connectivity index (χ1) is 5.89. The summed E-state index contributed by atoms with van der Waals surface area (Å²) in [6.07, 6.45) is -2.86. The van der Waals surface area contributed by atoms with Crippen molar-refractivity contribution in [3.05, 3.63) is 18.2 Å². The van der Waals surface area contributed by atoms with E-state index in [1.165, 1.54) is 0 Å². The van der Waals surface area contributed by atoms with Crippen molar-refractivity contribution in [3.63, 3.8) is 0 Å². The summed E-state index contributed by atoms with van der Waals surface area (Å²) in [5.74, 6) is -2.27. The average Bonchev–Trinajstić information content (AvgIpc) is 2.33. The molecule has 1 rings (SSSR count). The molecule has 0 aliphatic carbocycles. The molecule has 13 heavy (non-hydrogen) atoms. The SMILES string of the molecule is Cc1cn(OC(=O)C(F)(F)F)cn1. The fourth-order valence-corrected chi connectivity index (χ4v) is 0.596. The van der Waals surface area contributed by atoms with E-state index in [0.29, 0.717) is 10.4 Å². The van der Waals surface area contributed by atoms with Crippen LogP contribution in [-0.4, -0.2) is 21.9 Å². The van der Waals surface area contributed by atoms with Gasteiger partial charge in [0.05, 0.1) is 11.9 Å². The van der Waals surface area contributed by atoms with E-state index in [4.69, 9.17) is 0 Å². The number of nitrogens with zero attached hydrogens (tertiary/aromatic N) is 2. The van der Waals surface area contributed by atoms with Gasteiger partial charge < -0.3 is 4.84 Å². The van der Waals surface area contributed by atoms with Gasteiger partial charge in [0.2, 0.25) is 0 Å². The van der Waals surface area contributed by atoms with Crippen LogP contribution in [0.25, 0.3) is 0 Å². The predicted molar refractivity (Wildman–Crippen MR) is 34.6 cm³/mol. The zero-order valence-electron chi connectivity index (χ0n) is 6.50. The molecule has 0 spiro atoms. The number of aryl methyl sites for hydroxylation is 1. The fraction of sp³-hybridized carbons (Fsp3) is 0.333. The second-order valence-electron chi connectivity index (χ2n) is 2.25. The Morgan fingerprint density at radius 3 is 2.62 bits per heavy atom. The van der Waals surface area contributed by atoms with Crippen LogP contribution in [0, 0.1) is 6.92 Å². The molecule has 0 saturated heterocycles. The lowest BCUT2D eigenvalue weighted by Crippen LogP contribution is -2.32. The molecule has 0 bridgehead atoms. The van der Waals surface area contributed by atoms with Crippen LogP contribution in [0.4, 0.5) is 13.2 Å². The van der Waals surface area contributed by atoms with Gasteiger partial charge in [-0.15, -0.1) is 0 Å². The summed E-state index contributed by atoms with van der Waals surface area (Å²) >= 11 is 0. The third kappa shape index (κ3) is 2.46. The van der Waals surface area contributed by atoms with Gasteiger partial charge in [0, 0.05) is 0 Å². The molecule has 0 aliphatic rings. The molecule has 0 aliphatic heterocycles. The summed E-state index contributed by atoms with van der Waals surface area (Å²) in [6, 6.07) is 0. The van der Waals surface area contributed by atoms with Crippen molar-refractivity contribution in [2.75, 3.05) is 0 Å². The molecule has 72 valence electrons. The summed E-state index contributed by atoms with van der Waals surface area (Å²) in [7, 11) is 0. The minimum Gasteiger partial charge on any atom is -0.327 e. The molecule has 0 aromatic carbocycles. The maximum Gasteiger partial charge on any atom is 0.493 e. The molecule has 0 fully saturated rings. The maximum absolute atomic E-state index is 11.6. The molecular formula is C6H5F3N2O2. The average molecular weight is 194 g/mol. The fourth-order valence-electron chi connectivity index (χ4n) is 0.596. The van der Waals surface area contributed by atoms with Crippen LogP contribution in [0.5, 0.6) is 0 Å². The number of aromatic nitrogens is 2. The molecule has 0 N–H and O–H groups in total. The Hall–Kier alpha value is -1.53.